The van der Waals surface area contributed by atoms with E-state index >= 15 is 0 Å². The van der Waals surface area contributed by atoms with Crippen LogP contribution in [0, 0.1) is 0 Å². The maximum Gasteiger partial charge on any atom is 0.471 e. The van der Waals surface area contributed by atoms with Crippen LogP contribution in [0.5, 0.6) is 11.5 Å². The highest BCUT2D eigenvalue weighted by molar-refractivity contribution is 6.05. The van der Waals surface area contributed by atoms with E-state index in [9.17, 15) is 22.8 Å². The van der Waals surface area contributed by atoms with Crippen molar-refractivity contribution in [1.82, 2.24) is 0 Å². The molecule has 130 valence electrons. The molecule has 0 spiro atoms. The van der Waals surface area contributed by atoms with Gasteiger partial charge in [-0.2, -0.15) is 13.2 Å². The minimum atomic E-state index is -4.97. The minimum absolute atomic E-state index is 0.0385. The van der Waals surface area contributed by atoms with Crippen LogP contribution in [-0.4, -0.2) is 24.8 Å². The lowest BCUT2D eigenvalue weighted by Crippen LogP contribution is -2.29. The van der Waals surface area contributed by atoms with Crippen LogP contribution in [0.3, 0.4) is 0 Å². The van der Waals surface area contributed by atoms with Gasteiger partial charge in [0.1, 0.15) is 0 Å². The first-order valence-electron chi connectivity index (χ1n) is 7.02. The average Bonchev–Trinajstić information content (AvgIpc) is 3.03. The van der Waals surface area contributed by atoms with E-state index in [1.165, 1.54) is 30.3 Å². The zero-order valence-electron chi connectivity index (χ0n) is 12.5. The van der Waals surface area contributed by atoms with Crippen molar-refractivity contribution in [2.75, 3.05) is 17.4 Å². The second-order valence-electron chi connectivity index (χ2n) is 5.05. The van der Waals surface area contributed by atoms with Gasteiger partial charge in [-0.05, 0) is 42.5 Å². The summed E-state index contributed by atoms with van der Waals surface area (Å²) in [6, 6.07) is 9.93. The molecule has 3 rings (SSSR count). The fraction of sp³-hybridized carbons (Fsp3) is 0.125. The Kier molecular flexibility index (Phi) is 4.22. The van der Waals surface area contributed by atoms with E-state index in [1.54, 1.807) is 17.4 Å². The normalized spacial score (nSPS) is 12.6. The van der Waals surface area contributed by atoms with Gasteiger partial charge >= 0.3 is 12.1 Å². The molecule has 1 heterocycles. The summed E-state index contributed by atoms with van der Waals surface area (Å²) in [5.41, 5.74) is 0.648. The van der Waals surface area contributed by atoms with Gasteiger partial charge in [0.2, 0.25) is 6.79 Å². The number of hydrogen-bond donors (Lipinski definition) is 2. The van der Waals surface area contributed by atoms with Gasteiger partial charge in [0.25, 0.3) is 5.91 Å². The van der Waals surface area contributed by atoms with E-state index in [4.69, 9.17) is 9.47 Å². The number of fused-ring (bicyclic) bond motifs is 1. The summed E-state index contributed by atoms with van der Waals surface area (Å²) in [7, 11) is 0. The molecule has 0 fully saturated rings. The Bertz CT molecular complexity index is 819. The molecule has 0 saturated carbocycles. The van der Waals surface area contributed by atoms with Crippen molar-refractivity contribution in [2.24, 2.45) is 0 Å². The van der Waals surface area contributed by atoms with E-state index in [2.05, 4.69) is 5.32 Å². The quantitative estimate of drug-likeness (QED) is 0.890. The number of alkyl halides is 3. The maximum atomic E-state index is 12.2. The van der Waals surface area contributed by atoms with E-state index in [0.29, 0.717) is 22.7 Å². The second-order valence-corrected chi connectivity index (χ2v) is 5.05. The van der Waals surface area contributed by atoms with E-state index in [1.807, 2.05) is 0 Å². The molecule has 2 amide bonds. The molecule has 0 aliphatic carbocycles. The fourth-order valence-electron chi connectivity index (χ4n) is 2.08. The van der Waals surface area contributed by atoms with Crippen molar-refractivity contribution in [1.29, 1.82) is 0 Å². The number of ether oxygens (including phenoxy) is 2. The molecule has 1 aliphatic heterocycles. The molecule has 2 aromatic carbocycles. The zero-order chi connectivity index (χ0) is 18.0. The van der Waals surface area contributed by atoms with Gasteiger partial charge in [0, 0.05) is 16.9 Å². The number of halogens is 3. The van der Waals surface area contributed by atoms with E-state index in [-0.39, 0.29) is 12.5 Å². The average molecular weight is 352 g/mol. The zero-order valence-corrected chi connectivity index (χ0v) is 12.5. The largest absolute Gasteiger partial charge is 0.471 e. The van der Waals surface area contributed by atoms with Crippen molar-refractivity contribution in [2.45, 2.75) is 6.18 Å². The first-order chi connectivity index (χ1) is 11.8. The number of carbonyl (C=O) groups excluding carboxylic acids is 2. The van der Waals surface area contributed by atoms with Gasteiger partial charge in [0.15, 0.2) is 11.5 Å². The van der Waals surface area contributed by atoms with Crippen molar-refractivity contribution in [3.63, 3.8) is 0 Å². The van der Waals surface area contributed by atoms with Crippen molar-refractivity contribution in [3.05, 3.63) is 48.0 Å². The van der Waals surface area contributed by atoms with Crippen molar-refractivity contribution < 1.29 is 32.2 Å². The molecule has 0 aromatic heterocycles. The fourth-order valence-corrected chi connectivity index (χ4v) is 2.08. The number of carbonyl (C=O) groups is 2. The summed E-state index contributed by atoms with van der Waals surface area (Å²) in [5.74, 6) is -1.49. The van der Waals surface area contributed by atoms with Crippen LogP contribution < -0.4 is 20.1 Å². The Balaban J connectivity index is 1.65. The summed E-state index contributed by atoms with van der Waals surface area (Å²) in [5, 5.41) is 4.31. The third-order valence-electron chi connectivity index (χ3n) is 3.29. The molecular weight excluding hydrogens is 341 g/mol. The minimum Gasteiger partial charge on any atom is -0.454 e. The lowest BCUT2D eigenvalue weighted by atomic mass is 10.2. The molecule has 1 aliphatic rings. The SMILES string of the molecule is O=C(Nc1ccc(NC(=O)C(F)(F)F)cc1)c1ccc2c(c1)OCO2. The molecule has 0 unspecified atom stereocenters. The maximum absolute atomic E-state index is 12.2. The molecule has 6 nitrogen and oxygen atoms in total. The number of rotatable bonds is 3. The van der Waals surface area contributed by atoms with Gasteiger partial charge in [-0.1, -0.05) is 0 Å². The summed E-state index contributed by atoms with van der Waals surface area (Å²) in [6.07, 6.45) is -4.97. The molecular formula is C16H11F3N2O4. The molecule has 2 N–H and O–H groups in total. The number of hydrogen-bond acceptors (Lipinski definition) is 4. The van der Waals surface area contributed by atoms with Gasteiger partial charge in [0.05, 0.1) is 0 Å². The molecule has 0 radical (unpaired) electrons. The Labute approximate surface area is 139 Å². The monoisotopic (exact) mass is 352 g/mol. The second kappa shape index (κ2) is 6.34. The van der Waals surface area contributed by atoms with Crippen LogP contribution in [0.1, 0.15) is 10.4 Å². The Hall–Kier alpha value is -3.23. The Morgan fingerprint density at radius 2 is 1.48 bits per heavy atom. The van der Waals surface area contributed by atoms with Crippen LogP contribution in [0.4, 0.5) is 24.5 Å². The first kappa shape index (κ1) is 16.6. The topological polar surface area (TPSA) is 76.7 Å². The number of anilines is 2. The lowest BCUT2D eigenvalue weighted by Gasteiger charge is -2.09. The third kappa shape index (κ3) is 3.82. The van der Waals surface area contributed by atoms with Gasteiger partial charge in [-0.15, -0.1) is 0 Å². The van der Waals surface area contributed by atoms with E-state index < -0.39 is 18.0 Å². The predicted molar refractivity (Wildman–Crippen MR) is 81.6 cm³/mol. The molecule has 0 saturated heterocycles. The number of amides is 2. The number of benzene rings is 2. The van der Waals surface area contributed by atoms with Crippen LogP contribution in [0.15, 0.2) is 42.5 Å². The highest BCUT2D eigenvalue weighted by atomic mass is 19.4. The van der Waals surface area contributed by atoms with Gasteiger partial charge in [-0.25, -0.2) is 0 Å². The van der Waals surface area contributed by atoms with E-state index in [0.717, 1.165) is 0 Å². The summed E-state index contributed by atoms with van der Waals surface area (Å²) < 4.78 is 46.9. The summed E-state index contributed by atoms with van der Waals surface area (Å²) in [6.45, 7) is 0.0888. The lowest BCUT2D eigenvalue weighted by molar-refractivity contribution is -0.167. The molecule has 25 heavy (non-hydrogen) atoms. The number of nitrogens with one attached hydrogen (secondary N) is 2. The summed E-state index contributed by atoms with van der Waals surface area (Å²) in [4.78, 5) is 23.0. The van der Waals surface area contributed by atoms with Crippen molar-refractivity contribution >= 4 is 23.2 Å². The Morgan fingerprint density at radius 1 is 0.880 bits per heavy atom. The summed E-state index contributed by atoms with van der Waals surface area (Å²) >= 11 is 0. The van der Waals surface area contributed by atoms with Gasteiger partial charge in [-0.3, -0.25) is 9.59 Å². The van der Waals surface area contributed by atoms with Gasteiger partial charge < -0.3 is 20.1 Å². The smallest absolute Gasteiger partial charge is 0.454 e. The van der Waals surface area contributed by atoms with Crippen LogP contribution in [-0.2, 0) is 4.79 Å². The molecule has 9 heteroatoms. The third-order valence-corrected chi connectivity index (χ3v) is 3.29. The first-order valence-corrected chi connectivity index (χ1v) is 7.02. The molecule has 2 aromatic rings. The highest BCUT2D eigenvalue weighted by Crippen LogP contribution is 2.32. The Morgan fingerprint density at radius 3 is 2.12 bits per heavy atom. The predicted octanol–water partition coefficient (Wildman–Crippen LogP) is 3.17. The van der Waals surface area contributed by atoms with Crippen LogP contribution >= 0.6 is 0 Å². The molecule has 0 atom stereocenters. The van der Waals surface area contributed by atoms with Crippen LogP contribution in [0.2, 0.25) is 0 Å². The van der Waals surface area contributed by atoms with Crippen LogP contribution in [0.25, 0.3) is 0 Å². The highest BCUT2D eigenvalue weighted by Gasteiger charge is 2.38. The molecule has 0 bridgehead atoms. The van der Waals surface area contributed by atoms with Crippen molar-refractivity contribution in [3.8, 4) is 11.5 Å². The standard InChI is InChI=1S/C16H11F3N2O4/c17-16(18,19)15(23)21-11-4-2-10(3-5-11)20-14(22)9-1-6-12-13(7-9)25-8-24-12/h1-7H,8H2,(H,20,22)(H,21,23).